The van der Waals surface area contributed by atoms with Crippen LogP contribution in [0.3, 0.4) is 0 Å². The van der Waals surface area contributed by atoms with Gasteiger partial charge >= 0.3 is 17.9 Å². The smallest absolute Gasteiger partial charge is 0.330 e. The van der Waals surface area contributed by atoms with Gasteiger partial charge < -0.3 is 9.47 Å². The van der Waals surface area contributed by atoms with Crippen molar-refractivity contribution in [2.45, 2.75) is 52.8 Å². The molecule has 3 atom stereocenters. The molecule has 6 heteroatoms. The van der Waals surface area contributed by atoms with Crippen LogP contribution in [0, 0.1) is 17.8 Å². The Morgan fingerprint density at radius 2 is 1.96 bits per heavy atom. The molecule has 0 N–H and O–H groups in total. The van der Waals surface area contributed by atoms with Crippen LogP contribution < -0.4 is 0 Å². The number of hydrogen-bond acceptors (Lipinski definition) is 5. The lowest BCUT2D eigenvalue weighted by Crippen LogP contribution is -2.33. The predicted octanol–water partition coefficient (Wildman–Crippen LogP) is 3.73. The van der Waals surface area contributed by atoms with Crippen molar-refractivity contribution in [3.8, 4) is 0 Å². The minimum atomic E-state index is -1.54. The summed E-state index contributed by atoms with van der Waals surface area (Å²) in [5.74, 6) is -2.54. The van der Waals surface area contributed by atoms with Crippen LogP contribution in [0.5, 0.6) is 0 Å². The van der Waals surface area contributed by atoms with Crippen molar-refractivity contribution >= 4 is 26.0 Å². The van der Waals surface area contributed by atoms with Gasteiger partial charge in [-0.2, -0.15) is 0 Å². The number of cyclic esters (lactones) is 2. The molecule has 1 aliphatic heterocycles. The van der Waals surface area contributed by atoms with E-state index >= 15 is 0 Å². The number of fused-ring (bicyclic) bond motifs is 3. The van der Waals surface area contributed by atoms with Gasteiger partial charge in [-0.15, -0.1) is 0 Å². The van der Waals surface area contributed by atoms with Gasteiger partial charge in [-0.25, -0.2) is 4.79 Å². The van der Waals surface area contributed by atoms with Crippen LogP contribution in [0.15, 0.2) is 34.1 Å². The zero-order chi connectivity index (χ0) is 19.9. The molecule has 27 heavy (non-hydrogen) atoms. The van der Waals surface area contributed by atoms with Gasteiger partial charge in [0.15, 0.2) is 0 Å². The number of carbonyl (C=O) groups excluding carboxylic acids is 3. The third-order valence-electron chi connectivity index (χ3n) is 5.89. The SMILES string of the molecule is CCOC(=O)/C=C1\CCC([Si](C)(C)C)=CC2=C(C)C[C@@H]3C(=O)OC(=O)[C@@H]3[C@@H]21. The van der Waals surface area contributed by atoms with Gasteiger partial charge in [0.2, 0.25) is 0 Å². The molecule has 3 aliphatic rings. The van der Waals surface area contributed by atoms with E-state index in [1.165, 1.54) is 5.20 Å². The Kier molecular flexibility index (Phi) is 5.30. The Morgan fingerprint density at radius 1 is 1.26 bits per heavy atom. The fourth-order valence-electron chi connectivity index (χ4n) is 4.47. The van der Waals surface area contributed by atoms with Gasteiger partial charge in [0, 0.05) is 12.0 Å². The van der Waals surface area contributed by atoms with Crippen LogP contribution in [-0.4, -0.2) is 32.6 Å². The third kappa shape index (κ3) is 3.72. The van der Waals surface area contributed by atoms with Crippen LogP contribution in [-0.2, 0) is 23.9 Å². The van der Waals surface area contributed by atoms with Crippen molar-refractivity contribution in [3.05, 3.63) is 34.1 Å². The Labute approximate surface area is 161 Å². The molecule has 0 spiro atoms. The molecule has 0 unspecified atom stereocenters. The van der Waals surface area contributed by atoms with Gasteiger partial charge in [0.05, 0.1) is 26.5 Å². The van der Waals surface area contributed by atoms with Crippen molar-refractivity contribution in [1.29, 1.82) is 0 Å². The topological polar surface area (TPSA) is 69.7 Å². The second-order valence-corrected chi connectivity index (χ2v) is 13.8. The van der Waals surface area contributed by atoms with Crippen molar-refractivity contribution in [2.75, 3.05) is 6.61 Å². The molecule has 5 nitrogen and oxygen atoms in total. The van der Waals surface area contributed by atoms with Crippen LogP contribution in [0.2, 0.25) is 19.6 Å². The summed E-state index contributed by atoms with van der Waals surface area (Å²) in [6.45, 7) is 11.0. The highest BCUT2D eigenvalue weighted by molar-refractivity contribution is 6.83. The van der Waals surface area contributed by atoms with Crippen molar-refractivity contribution in [3.63, 3.8) is 0 Å². The fourth-order valence-corrected chi connectivity index (χ4v) is 5.93. The number of esters is 3. The Bertz CT molecular complexity index is 781. The molecule has 0 radical (unpaired) electrons. The predicted molar refractivity (Wildman–Crippen MR) is 104 cm³/mol. The Hall–Kier alpha value is -1.95. The number of hydrogen-bond donors (Lipinski definition) is 0. The minimum Gasteiger partial charge on any atom is -0.463 e. The van der Waals surface area contributed by atoms with E-state index in [4.69, 9.17) is 9.47 Å². The van der Waals surface area contributed by atoms with Crippen LogP contribution >= 0.6 is 0 Å². The van der Waals surface area contributed by atoms with Gasteiger partial charge in [0.1, 0.15) is 0 Å². The number of allylic oxidation sites excluding steroid dienone is 5. The second-order valence-electron chi connectivity index (χ2n) is 8.68. The summed E-state index contributed by atoms with van der Waals surface area (Å²) in [6, 6.07) is 0. The molecule has 0 amide bonds. The summed E-state index contributed by atoms with van der Waals surface area (Å²) in [6.07, 6.45) is 5.91. The van der Waals surface area contributed by atoms with E-state index in [1.54, 1.807) is 13.0 Å². The highest BCUT2D eigenvalue weighted by Gasteiger charge is 2.53. The number of carbonyl (C=O) groups is 3. The number of ether oxygens (including phenoxy) is 2. The molecule has 0 aromatic rings. The van der Waals surface area contributed by atoms with Crippen LogP contribution in [0.1, 0.15) is 33.1 Å². The summed E-state index contributed by atoms with van der Waals surface area (Å²) in [5.41, 5.74) is 3.09. The minimum absolute atomic E-state index is 0.277. The van der Waals surface area contributed by atoms with Crippen molar-refractivity contribution in [1.82, 2.24) is 0 Å². The molecule has 0 aromatic heterocycles. The maximum absolute atomic E-state index is 12.5. The van der Waals surface area contributed by atoms with Gasteiger partial charge in [-0.3, -0.25) is 9.59 Å². The van der Waals surface area contributed by atoms with Crippen molar-refractivity contribution < 1.29 is 23.9 Å². The van der Waals surface area contributed by atoms with E-state index in [0.29, 0.717) is 19.4 Å². The third-order valence-corrected chi connectivity index (χ3v) is 8.21. The lowest BCUT2D eigenvalue weighted by Gasteiger charge is -2.33. The van der Waals surface area contributed by atoms with E-state index < -0.39 is 31.8 Å². The van der Waals surface area contributed by atoms with Crippen LogP contribution in [0.25, 0.3) is 0 Å². The largest absolute Gasteiger partial charge is 0.463 e. The zero-order valence-corrected chi connectivity index (χ0v) is 17.8. The molecule has 1 saturated heterocycles. The first-order valence-electron chi connectivity index (χ1n) is 9.67. The Morgan fingerprint density at radius 3 is 2.59 bits per heavy atom. The van der Waals surface area contributed by atoms with Gasteiger partial charge in [-0.1, -0.05) is 42.1 Å². The van der Waals surface area contributed by atoms with E-state index in [2.05, 4.69) is 25.7 Å². The second kappa shape index (κ2) is 7.22. The maximum atomic E-state index is 12.5. The average molecular weight is 389 g/mol. The Balaban J connectivity index is 2.14. The highest BCUT2D eigenvalue weighted by atomic mass is 28.3. The van der Waals surface area contributed by atoms with Gasteiger partial charge in [0.25, 0.3) is 0 Å². The summed E-state index contributed by atoms with van der Waals surface area (Å²) >= 11 is 0. The summed E-state index contributed by atoms with van der Waals surface area (Å²) in [7, 11) is -1.54. The first-order valence-corrected chi connectivity index (χ1v) is 13.2. The first-order chi connectivity index (χ1) is 12.6. The molecular formula is C21H28O5Si. The van der Waals surface area contributed by atoms with E-state index in [1.807, 2.05) is 6.92 Å². The lowest BCUT2D eigenvalue weighted by atomic mass is 9.67. The molecule has 0 bridgehead atoms. The standard InChI is InChI=1S/C21H28O5Si/c1-6-25-17(22)10-13-7-8-14(27(3,4)5)11-15-12(2)9-16-19(18(13)15)21(24)26-20(16)23/h10-11,16,18-19H,6-9H2,1-5H3/b13-10+/t16-,18+,19-/m0/s1. The molecule has 3 rings (SSSR count). The molecule has 2 aliphatic carbocycles. The summed E-state index contributed by atoms with van der Waals surface area (Å²) in [4.78, 5) is 36.9. The average Bonchev–Trinajstić information content (AvgIpc) is 2.73. The fraction of sp³-hybridized carbons (Fsp3) is 0.571. The lowest BCUT2D eigenvalue weighted by molar-refractivity contribution is -0.154. The zero-order valence-electron chi connectivity index (χ0n) is 16.8. The monoisotopic (exact) mass is 388 g/mol. The van der Waals surface area contributed by atoms with Crippen LogP contribution in [0.4, 0.5) is 0 Å². The summed E-state index contributed by atoms with van der Waals surface area (Å²) < 4.78 is 10.1. The van der Waals surface area contributed by atoms with Gasteiger partial charge in [-0.05, 0) is 38.7 Å². The molecule has 0 aromatic carbocycles. The quantitative estimate of drug-likeness (QED) is 0.319. The summed E-state index contributed by atoms with van der Waals surface area (Å²) in [5, 5.41) is 1.42. The molecule has 0 saturated carbocycles. The highest BCUT2D eigenvalue weighted by Crippen LogP contribution is 2.50. The number of rotatable bonds is 3. The normalized spacial score (nSPS) is 29.7. The molecule has 1 heterocycles. The first kappa shape index (κ1) is 19.8. The molecule has 146 valence electrons. The molecular weight excluding hydrogens is 360 g/mol. The van der Waals surface area contributed by atoms with E-state index in [9.17, 15) is 14.4 Å². The molecule has 1 fully saturated rings. The maximum Gasteiger partial charge on any atom is 0.330 e. The van der Waals surface area contributed by atoms with Crippen molar-refractivity contribution in [2.24, 2.45) is 17.8 Å². The van der Waals surface area contributed by atoms with E-state index in [0.717, 1.165) is 23.1 Å². The van der Waals surface area contributed by atoms with E-state index in [-0.39, 0.29) is 11.9 Å².